The number of benzene rings is 1. The maximum absolute atomic E-state index is 12.3. The minimum atomic E-state index is -0.609. The van der Waals surface area contributed by atoms with Crippen molar-refractivity contribution in [3.63, 3.8) is 0 Å². The minimum absolute atomic E-state index is 0.232. The van der Waals surface area contributed by atoms with Gasteiger partial charge in [-0.2, -0.15) is 10.1 Å². The van der Waals surface area contributed by atoms with Crippen LogP contribution in [0.3, 0.4) is 0 Å². The third-order valence-electron chi connectivity index (χ3n) is 5.78. The van der Waals surface area contributed by atoms with Crippen LogP contribution in [0, 0.1) is 13.8 Å². The predicted octanol–water partition coefficient (Wildman–Crippen LogP) is 2.07. The lowest BCUT2D eigenvalue weighted by Crippen LogP contribution is -2.30. The van der Waals surface area contributed by atoms with Gasteiger partial charge >= 0.3 is 0 Å². The predicted molar refractivity (Wildman–Crippen MR) is 115 cm³/mol. The Labute approximate surface area is 172 Å². The maximum Gasteiger partial charge on any atom is 0.253 e. The van der Waals surface area contributed by atoms with Crippen LogP contribution in [0.2, 0.25) is 0 Å². The van der Waals surface area contributed by atoms with Crippen LogP contribution in [0.5, 0.6) is 5.88 Å². The van der Waals surface area contributed by atoms with Gasteiger partial charge in [-0.15, -0.1) is 0 Å². The molecule has 0 unspecified atom stereocenters. The zero-order valence-electron chi connectivity index (χ0n) is 16.8. The summed E-state index contributed by atoms with van der Waals surface area (Å²) in [5, 5.41) is 8.55. The van der Waals surface area contributed by atoms with E-state index in [1.54, 1.807) is 10.8 Å². The number of carbonyl (C=O) groups excluding carboxylic acids is 1. The van der Waals surface area contributed by atoms with Crippen molar-refractivity contribution in [2.24, 2.45) is 11.5 Å². The molecule has 1 aliphatic carbocycles. The van der Waals surface area contributed by atoms with Crippen LogP contribution < -0.4 is 21.9 Å². The Morgan fingerprint density at radius 1 is 1.27 bits per heavy atom. The zero-order chi connectivity index (χ0) is 21.2. The summed E-state index contributed by atoms with van der Waals surface area (Å²) in [7, 11) is 0. The molecular formula is C21H23N7O2. The van der Waals surface area contributed by atoms with Gasteiger partial charge in [0.25, 0.3) is 5.91 Å². The van der Waals surface area contributed by atoms with Crippen LogP contribution in [0.15, 0.2) is 24.4 Å². The Morgan fingerprint density at radius 3 is 2.73 bits per heavy atom. The molecule has 0 bridgehead atoms. The number of nitrogen functional groups attached to an aromatic ring is 1. The number of nitrogens with two attached hydrogens (primary N) is 3. The molecular weight excluding hydrogens is 382 g/mol. The van der Waals surface area contributed by atoms with Crippen molar-refractivity contribution in [2.45, 2.75) is 32.2 Å². The average molecular weight is 405 g/mol. The number of nitrogens with zero attached hydrogens (tertiary/aromatic N) is 3. The van der Waals surface area contributed by atoms with Gasteiger partial charge in [0, 0.05) is 16.3 Å². The van der Waals surface area contributed by atoms with Crippen molar-refractivity contribution in [3.8, 4) is 11.6 Å². The fourth-order valence-electron chi connectivity index (χ4n) is 3.86. The lowest BCUT2D eigenvalue weighted by Gasteiger charge is -2.15. The molecule has 0 spiro atoms. The molecule has 3 aromatic heterocycles. The number of aromatic nitrogens is 4. The number of hydrogen-bond donors (Lipinski definition) is 4. The van der Waals surface area contributed by atoms with Crippen LogP contribution in [-0.4, -0.2) is 37.8 Å². The number of carbonyl (C=O) groups is 1. The number of fused-ring (bicyclic) bond motifs is 2. The highest BCUT2D eigenvalue weighted by molar-refractivity contribution is 6.11. The molecule has 154 valence electrons. The molecule has 1 aliphatic rings. The first-order valence-corrected chi connectivity index (χ1v) is 9.75. The Balaban J connectivity index is 1.80. The largest absolute Gasteiger partial charge is 0.475 e. The molecule has 9 heteroatoms. The molecule has 7 N–H and O–H groups in total. The van der Waals surface area contributed by atoms with Gasteiger partial charge in [0.05, 0.1) is 28.5 Å². The molecule has 5 rings (SSSR count). The number of aryl methyl sites for hydroxylation is 2. The topological polar surface area (TPSA) is 151 Å². The first-order valence-electron chi connectivity index (χ1n) is 9.75. The van der Waals surface area contributed by atoms with E-state index in [1.165, 1.54) is 0 Å². The fourth-order valence-corrected chi connectivity index (χ4v) is 3.86. The van der Waals surface area contributed by atoms with Gasteiger partial charge < -0.3 is 21.9 Å². The van der Waals surface area contributed by atoms with Crippen LogP contribution in [-0.2, 0) is 0 Å². The molecule has 1 saturated carbocycles. The molecule has 0 aliphatic heterocycles. The highest BCUT2D eigenvalue weighted by Crippen LogP contribution is 2.37. The zero-order valence-corrected chi connectivity index (χ0v) is 16.8. The van der Waals surface area contributed by atoms with Gasteiger partial charge in [0.2, 0.25) is 5.88 Å². The molecule has 0 atom stereocenters. The summed E-state index contributed by atoms with van der Waals surface area (Å²) >= 11 is 0. The van der Waals surface area contributed by atoms with E-state index in [1.807, 2.05) is 32.0 Å². The van der Waals surface area contributed by atoms with Gasteiger partial charge in [0.15, 0.2) is 5.65 Å². The number of anilines is 1. The molecule has 1 aromatic carbocycles. The number of ether oxygens (including phenoxy) is 1. The van der Waals surface area contributed by atoms with E-state index >= 15 is 0 Å². The number of nitrogens with one attached hydrogen (secondary N) is 1. The normalized spacial score (nSPS) is 15.0. The lowest BCUT2D eigenvalue weighted by molar-refractivity contribution is 0.100. The van der Waals surface area contributed by atoms with Crippen LogP contribution in [0.4, 0.5) is 5.82 Å². The quantitative estimate of drug-likeness (QED) is 0.399. The molecule has 1 amide bonds. The molecule has 4 aromatic rings. The Morgan fingerprint density at radius 2 is 2.03 bits per heavy atom. The Bertz CT molecular complexity index is 1330. The summed E-state index contributed by atoms with van der Waals surface area (Å²) in [6.07, 6.45) is 3.60. The second-order valence-electron chi connectivity index (χ2n) is 8.15. The number of hydrogen-bond acceptors (Lipinski definition) is 6. The van der Waals surface area contributed by atoms with Crippen molar-refractivity contribution in [2.75, 3.05) is 12.3 Å². The Kier molecular flexibility index (Phi) is 3.81. The molecule has 3 heterocycles. The highest BCUT2D eigenvalue weighted by atomic mass is 16.5. The molecule has 30 heavy (non-hydrogen) atoms. The van der Waals surface area contributed by atoms with Gasteiger partial charge in [0.1, 0.15) is 12.4 Å². The third kappa shape index (κ3) is 2.70. The standard InChI is InChI=1S/C21H23N7O2/c1-10-3-4-14-13(8-25-27-14)16(10)28-17(22)15(18(23)29)12-7-11(2)20(26-19(12)28)30-9-21(24)5-6-21/h3-4,7-8H,5-6,9,22,24H2,1-2H3,(H2,23,29)(H,25,27). The minimum Gasteiger partial charge on any atom is -0.475 e. The molecule has 1 fully saturated rings. The lowest BCUT2D eigenvalue weighted by atomic mass is 10.1. The van der Waals surface area contributed by atoms with Gasteiger partial charge in [-0.1, -0.05) is 6.07 Å². The summed E-state index contributed by atoms with van der Waals surface area (Å²) in [6, 6.07) is 5.74. The second-order valence-corrected chi connectivity index (χ2v) is 8.15. The number of aromatic amines is 1. The van der Waals surface area contributed by atoms with E-state index in [0.717, 1.165) is 40.6 Å². The summed E-state index contributed by atoms with van der Waals surface area (Å²) in [5.74, 6) is 0.0869. The molecule has 0 saturated heterocycles. The van der Waals surface area contributed by atoms with Crippen LogP contribution >= 0.6 is 0 Å². The van der Waals surface area contributed by atoms with E-state index in [-0.39, 0.29) is 16.9 Å². The summed E-state index contributed by atoms with van der Waals surface area (Å²) in [4.78, 5) is 17.0. The van der Waals surface area contributed by atoms with E-state index < -0.39 is 5.91 Å². The van der Waals surface area contributed by atoms with Crippen molar-refractivity contribution in [3.05, 3.63) is 41.1 Å². The second kappa shape index (κ2) is 6.20. The first kappa shape index (κ1) is 18.4. The van der Waals surface area contributed by atoms with Crippen molar-refractivity contribution in [1.82, 2.24) is 19.7 Å². The molecule has 0 radical (unpaired) electrons. The van der Waals surface area contributed by atoms with Crippen LogP contribution in [0.25, 0.3) is 27.6 Å². The van der Waals surface area contributed by atoms with Crippen molar-refractivity contribution < 1.29 is 9.53 Å². The number of H-pyrrole nitrogens is 1. The van der Waals surface area contributed by atoms with E-state index in [0.29, 0.717) is 23.5 Å². The van der Waals surface area contributed by atoms with Gasteiger partial charge in [-0.25, -0.2) is 0 Å². The van der Waals surface area contributed by atoms with Gasteiger partial charge in [-0.3, -0.25) is 14.5 Å². The summed E-state index contributed by atoms with van der Waals surface area (Å²) in [5.41, 5.74) is 22.1. The van der Waals surface area contributed by atoms with E-state index in [9.17, 15) is 4.79 Å². The maximum atomic E-state index is 12.3. The van der Waals surface area contributed by atoms with Crippen LogP contribution in [0.1, 0.15) is 34.3 Å². The first-order chi connectivity index (χ1) is 14.3. The highest BCUT2D eigenvalue weighted by Gasteiger charge is 2.39. The summed E-state index contributed by atoms with van der Waals surface area (Å²) in [6.45, 7) is 4.23. The average Bonchev–Trinajstić information content (AvgIpc) is 3.12. The number of primary amides is 1. The van der Waals surface area contributed by atoms with E-state index in [4.69, 9.17) is 26.9 Å². The Hall–Kier alpha value is -3.59. The monoisotopic (exact) mass is 405 g/mol. The summed E-state index contributed by atoms with van der Waals surface area (Å²) < 4.78 is 7.70. The van der Waals surface area contributed by atoms with Crippen molar-refractivity contribution >= 4 is 33.7 Å². The smallest absolute Gasteiger partial charge is 0.253 e. The number of pyridine rings is 1. The molecule has 9 nitrogen and oxygen atoms in total. The fraction of sp³-hybridized carbons (Fsp3) is 0.286. The number of rotatable bonds is 5. The SMILES string of the molecule is Cc1cc2c(C(N)=O)c(N)n(-c3c(C)ccc4[nH]ncc34)c2nc1OCC1(N)CC1. The number of amides is 1. The van der Waals surface area contributed by atoms with E-state index in [2.05, 4.69) is 10.2 Å². The van der Waals surface area contributed by atoms with Gasteiger partial charge in [-0.05, 0) is 44.4 Å². The third-order valence-corrected chi connectivity index (χ3v) is 5.78. The van der Waals surface area contributed by atoms with Crippen molar-refractivity contribution in [1.29, 1.82) is 0 Å².